The van der Waals surface area contributed by atoms with E-state index in [4.69, 9.17) is 10.5 Å². The number of para-hydroxylation sites is 1. The summed E-state index contributed by atoms with van der Waals surface area (Å²) in [6, 6.07) is 7.48. The molecule has 1 amide bonds. The number of hydrogen-bond donors (Lipinski definition) is 1. The average Bonchev–Trinajstić information content (AvgIpc) is 2.20. The topological polar surface area (TPSA) is 55.6 Å². The second-order valence-electron chi connectivity index (χ2n) is 3.99. The number of benzene rings is 1. The fourth-order valence-corrected chi connectivity index (χ4v) is 1.29. The van der Waals surface area contributed by atoms with Crippen LogP contribution in [0.15, 0.2) is 24.3 Å². The van der Waals surface area contributed by atoms with Crippen LogP contribution in [0, 0.1) is 0 Å². The van der Waals surface area contributed by atoms with Crippen LogP contribution < -0.4 is 5.73 Å². The van der Waals surface area contributed by atoms with Gasteiger partial charge in [-0.15, -0.1) is 0 Å². The predicted molar refractivity (Wildman–Crippen MR) is 63.9 cm³/mol. The third kappa shape index (κ3) is 3.46. The van der Waals surface area contributed by atoms with Crippen LogP contribution in [0.3, 0.4) is 0 Å². The lowest BCUT2D eigenvalue weighted by Crippen LogP contribution is -2.29. The molecule has 0 saturated carbocycles. The molecule has 16 heavy (non-hydrogen) atoms. The summed E-state index contributed by atoms with van der Waals surface area (Å²) in [4.78, 5) is 13.0. The van der Waals surface area contributed by atoms with Crippen molar-refractivity contribution >= 4 is 11.8 Å². The van der Waals surface area contributed by atoms with Gasteiger partial charge in [-0.1, -0.05) is 18.2 Å². The second-order valence-corrected chi connectivity index (χ2v) is 3.99. The van der Waals surface area contributed by atoms with Crippen molar-refractivity contribution in [1.29, 1.82) is 0 Å². The van der Waals surface area contributed by atoms with E-state index in [0.29, 0.717) is 12.2 Å². The number of nitrogen functional groups attached to an aromatic ring is 1. The summed E-state index contributed by atoms with van der Waals surface area (Å²) in [5, 5.41) is 0. The number of amides is 1. The SMILES string of the molecule is CC(C)OC(=O)N(C)Cc1ccccc1N. The number of anilines is 1. The zero-order valence-corrected chi connectivity index (χ0v) is 9.93. The van der Waals surface area contributed by atoms with Gasteiger partial charge in [-0.3, -0.25) is 0 Å². The van der Waals surface area contributed by atoms with Crippen molar-refractivity contribution in [3.05, 3.63) is 29.8 Å². The molecule has 0 saturated heterocycles. The highest BCUT2D eigenvalue weighted by Crippen LogP contribution is 2.13. The number of rotatable bonds is 3. The van der Waals surface area contributed by atoms with Gasteiger partial charge < -0.3 is 15.4 Å². The molecule has 0 aliphatic heterocycles. The smallest absolute Gasteiger partial charge is 0.410 e. The molecule has 0 radical (unpaired) electrons. The zero-order valence-electron chi connectivity index (χ0n) is 9.93. The van der Waals surface area contributed by atoms with Crippen molar-refractivity contribution in [3.8, 4) is 0 Å². The summed E-state index contributed by atoms with van der Waals surface area (Å²) in [5.74, 6) is 0. The van der Waals surface area contributed by atoms with Gasteiger partial charge in [0, 0.05) is 12.7 Å². The molecule has 0 spiro atoms. The maximum absolute atomic E-state index is 11.5. The Labute approximate surface area is 96.0 Å². The van der Waals surface area contributed by atoms with Crippen LogP contribution in [0.5, 0.6) is 0 Å². The number of ether oxygens (including phenoxy) is 1. The normalized spacial score (nSPS) is 10.2. The Hall–Kier alpha value is -1.71. The minimum Gasteiger partial charge on any atom is -0.447 e. The van der Waals surface area contributed by atoms with Crippen molar-refractivity contribution in [2.24, 2.45) is 0 Å². The average molecular weight is 222 g/mol. The van der Waals surface area contributed by atoms with Gasteiger partial charge in [0.25, 0.3) is 0 Å². The molecule has 4 heteroatoms. The summed E-state index contributed by atoms with van der Waals surface area (Å²) in [6.07, 6.45) is -0.443. The van der Waals surface area contributed by atoms with Crippen molar-refractivity contribution in [2.45, 2.75) is 26.5 Å². The second kappa shape index (κ2) is 5.39. The molecule has 2 N–H and O–H groups in total. The van der Waals surface area contributed by atoms with Gasteiger partial charge in [0.1, 0.15) is 0 Å². The maximum Gasteiger partial charge on any atom is 0.410 e. The first-order valence-corrected chi connectivity index (χ1v) is 5.26. The van der Waals surface area contributed by atoms with E-state index in [1.165, 1.54) is 4.90 Å². The summed E-state index contributed by atoms with van der Waals surface area (Å²) in [5.41, 5.74) is 7.40. The van der Waals surface area contributed by atoms with Crippen molar-refractivity contribution in [3.63, 3.8) is 0 Å². The Balaban J connectivity index is 2.61. The standard InChI is InChI=1S/C12H18N2O2/c1-9(2)16-12(15)14(3)8-10-6-4-5-7-11(10)13/h4-7,9H,8,13H2,1-3H3. The van der Waals surface area contributed by atoms with Crippen molar-refractivity contribution in [2.75, 3.05) is 12.8 Å². The molecular weight excluding hydrogens is 204 g/mol. The Morgan fingerprint density at radius 1 is 1.44 bits per heavy atom. The van der Waals surface area contributed by atoms with E-state index in [2.05, 4.69) is 0 Å². The molecule has 0 aliphatic rings. The first kappa shape index (κ1) is 12.4. The largest absolute Gasteiger partial charge is 0.447 e. The zero-order chi connectivity index (χ0) is 12.1. The van der Waals surface area contributed by atoms with Gasteiger partial charge in [0.2, 0.25) is 0 Å². The molecule has 1 aromatic rings. The summed E-state index contributed by atoms with van der Waals surface area (Å²) in [7, 11) is 1.69. The van der Waals surface area contributed by atoms with E-state index in [1.807, 2.05) is 38.1 Å². The maximum atomic E-state index is 11.5. The van der Waals surface area contributed by atoms with Crippen LogP contribution >= 0.6 is 0 Å². The number of nitrogens with zero attached hydrogens (tertiary/aromatic N) is 1. The Morgan fingerprint density at radius 3 is 2.62 bits per heavy atom. The van der Waals surface area contributed by atoms with Gasteiger partial charge in [-0.25, -0.2) is 4.79 Å². The van der Waals surface area contributed by atoms with Gasteiger partial charge in [-0.2, -0.15) is 0 Å². The molecule has 0 heterocycles. The predicted octanol–water partition coefficient (Wildman–Crippen LogP) is 2.25. The van der Waals surface area contributed by atoms with E-state index in [1.54, 1.807) is 7.05 Å². The molecule has 0 bridgehead atoms. The van der Waals surface area contributed by atoms with Gasteiger partial charge in [0.15, 0.2) is 0 Å². The van der Waals surface area contributed by atoms with Crippen molar-refractivity contribution < 1.29 is 9.53 Å². The van der Waals surface area contributed by atoms with Crippen LogP contribution in [-0.2, 0) is 11.3 Å². The molecule has 0 atom stereocenters. The third-order valence-corrected chi connectivity index (χ3v) is 2.11. The first-order chi connectivity index (χ1) is 7.50. The molecule has 1 rings (SSSR count). The van der Waals surface area contributed by atoms with Crippen molar-refractivity contribution in [1.82, 2.24) is 4.90 Å². The van der Waals surface area contributed by atoms with Crippen LogP contribution in [0.1, 0.15) is 19.4 Å². The minimum absolute atomic E-state index is 0.108. The third-order valence-electron chi connectivity index (χ3n) is 2.11. The van der Waals surface area contributed by atoms with E-state index in [0.717, 1.165) is 5.56 Å². The number of carbonyl (C=O) groups excluding carboxylic acids is 1. The molecule has 0 fully saturated rings. The quantitative estimate of drug-likeness (QED) is 0.798. The first-order valence-electron chi connectivity index (χ1n) is 5.26. The number of hydrogen-bond acceptors (Lipinski definition) is 3. The Bertz CT molecular complexity index is 364. The highest BCUT2D eigenvalue weighted by Gasteiger charge is 2.12. The minimum atomic E-state index is -0.335. The lowest BCUT2D eigenvalue weighted by Gasteiger charge is -2.19. The number of nitrogens with two attached hydrogens (primary N) is 1. The molecule has 1 aromatic carbocycles. The lowest BCUT2D eigenvalue weighted by molar-refractivity contribution is 0.0823. The van der Waals surface area contributed by atoms with Crippen LogP contribution in [0.2, 0.25) is 0 Å². The number of carbonyl (C=O) groups is 1. The fraction of sp³-hybridized carbons (Fsp3) is 0.417. The van der Waals surface area contributed by atoms with E-state index < -0.39 is 0 Å². The summed E-state index contributed by atoms with van der Waals surface area (Å²) in [6.45, 7) is 4.10. The molecule has 0 unspecified atom stereocenters. The highest BCUT2D eigenvalue weighted by molar-refractivity contribution is 5.67. The monoisotopic (exact) mass is 222 g/mol. The summed E-state index contributed by atoms with van der Waals surface area (Å²) < 4.78 is 5.07. The van der Waals surface area contributed by atoms with Gasteiger partial charge >= 0.3 is 6.09 Å². The van der Waals surface area contributed by atoms with E-state index in [-0.39, 0.29) is 12.2 Å². The fourth-order valence-electron chi connectivity index (χ4n) is 1.29. The molecule has 88 valence electrons. The molecule has 0 aliphatic carbocycles. The lowest BCUT2D eigenvalue weighted by atomic mass is 10.2. The van der Waals surface area contributed by atoms with E-state index >= 15 is 0 Å². The Kier molecular flexibility index (Phi) is 4.17. The highest BCUT2D eigenvalue weighted by atomic mass is 16.6. The van der Waals surface area contributed by atoms with Gasteiger partial charge in [-0.05, 0) is 25.5 Å². The summed E-state index contributed by atoms with van der Waals surface area (Å²) >= 11 is 0. The van der Waals surface area contributed by atoms with Crippen LogP contribution in [-0.4, -0.2) is 24.1 Å². The molecule has 0 aromatic heterocycles. The van der Waals surface area contributed by atoms with Crippen LogP contribution in [0.25, 0.3) is 0 Å². The molecule has 4 nitrogen and oxygen atoms in total. The Morgan fingerprint density at radius 2 is 2.06 bits per heavy atom. The van der Waals surface area contributed by atoms with Crippen LogP contribution in [0.4, 0.5) is 10.5 Å². The molecular formula is C12H18N2O2. The van der Waals surface area contributed by atoms with Gasteiger partial charge in [0.05, 0.1) is 12.6 Å². The van der Waals surface area contributed by atoms with E-state index in [9.17, 15) is 4.79 Å².